The number of piperidine rings is 1. The first kappa shape index (κ1) is 20.5. The van der Waals surface area contributed by atoms with E-state index in [9.17, 15) is 14.9 Å². The second-order valence-electron chi connectivity index (χ2n) is 8.14. The van der Waals surface area contributed by atoms with E-state index < -0.39 is 0 Å². The number of benzene rings is 1. The van der Waals surface area contributed by atoms with Crippen LogP contribution < -0.4 is 10.2 Å². The highest BCUT2D eigenvalue weighted by Gasteiger charge is 2.31. The zero-order valence-corrected chi connectivity index (χ0v) is 16.7. The minimum atomic E-state index is -0.345. The molecule has 0 atom stereocenters. The summed E-state index contributed by atoms with van der Waals surface area (Å²) >= 11 is 0. The summed E-state index contributed by atoms with van der Waals surface area (Å²) in [5.74, 6) is 0.0445. The Balaban J connectivity index is 1.51. The summed E-state index contributed by atoms with van der Waals surface area (Å²) in [5.41, 5.74) is 0.655. The Kier molecular flexibility index (Phi) is 6.51. The fraction of sp³-hybridized carbons (Fsp3) is 0.650. The van der Waals surface area contributed by atoms with E-state index in [1.165, 1.54) is 6.07 Å². The number of nitrogens with one attached hydrogen (secondary N) is 1. The largest absolute Gasteiger partial charge is 0.379 e. The third kappa shape index (κ3) is 4.80. The molecule has 2 saturated heterocycles. The second-order valence-corrected chi connectivity index (χ2v) is 8.14. The molecule has 1 aromatic carbocycles. The van der Waals surface area contributed by atoms with Gasteiger partial charge >= 0.3 is 0 Å². The van der Waals surface area contributed by atoms with Crippen LogP contribution in [0.5, 0.6) is 0 Å². The number of nitro benzene ring substituents is 1. The lowest BCUT2D eigenvalue weighted by Gasteiger charge is -2.41. The molecule has 2 aliphatic heterocycles. The monoisotopic (exact) mass is 390 g/mol. The van der Waals surface area contributed by atoms with Crippen LogP contribution in [0.25, 0.3) is 0 Å². The summed E-state index contributed by atoms with van der Waals surface area (Å²) in [6.07, 6.45) is 1.41. The maximum absolute atomic E-state index is 12.7. The summed E-state index contributed by atoms with van der Waals surface area (Å²) in [7, 11) is 0. The van der Waals surface area contributed by atoms with Gasteiger partial charge in [0.05, 0.1) is 18.1 Å². The van der Waals surface area contributed by atoms with Gasteiger partial charge in [0.15, 0.2) is 0 Å². The van der Waals surface area contributed by atoms with Gasteiger partial charge in [-0.2, -0.15) is 0 Å². The zero-order chi connectivity index (χ0) is 20.1. The van der Waals surface area contributed by atoms with Crippen LogP contribution in [0, 0.1) is 16.0 Å². The number of carbonyl (C=O) groups is 1. The molecule has 0 unspecified atom stereocenters. The fourth-order valence-corrected chi connectivity index (χ4v) is 4.00. The molecule has 2 fully saturated rings. The molecule has 154 valence electrons. The normalized spacial score (nSPS) is 19.4. The Bertz CT molecular complexity index is 695. The van der Waals surface area contributed by atoms with Gasteiger partial charge in [0.25, 0.3) is 5.69 Å². The minimum absolute atomic E-state index is 0.0421. The Labute approximate surface area is 166 Å². The molecule has 0 saturated carbocycles. The molecule has 1 aromatic rings. The van der Waals surface area contributed by atoms with Gasteiger partial charge in [-0.3, -0.25) is 19.8 Å². The summed E-state index contributed by atoms with van der Waals surface area (Å²) < 4.78 is 5.41. The summed E-state index contributed by atoms with van der Waals surface area (Å²) in [6, 6.07) is 6.80. The van der Waals surface area contributed by atoms with Crippen LogP contribution in [0.4, 0.5) is 11.4 Å². The van der Waals surface area contributed by atoms with Crippen molar-refractivity contribution in [2.75, 3.05) is 50.8 Å². The lowest BCUT2D eigenvalue weighted by atomic mass is 9.94. The van der Waals surface area contributed by atoms with Crippen molar-refractivity contribution < 1.29 is 14.5 Å². The maximum atomic E-state index is 12.7. The molecular weight excluding hydrogens is 360 g/mol. The number of carbonyl (C=O) groups excluding carboxylic acids is 1. The van der Waals surface area contributed by atoms with E-state index in [1.807, 2.05) is 11.0 Å². The lowest BCUT2D eigenvalue weighted by Crippen LogP contribution is -2.56. The first-order valence-corrected chi connectivity index (χ1v) is 9.97. The number of para-hydroxylation sites is 2. The SMILES string of the molecule is CC(C)(CNC(=O)C1CCN(c2ccccc2[N+](=O)[O-])CC1)N1CCOCC1. The van der Waals surface area contributed by atoms with E-state index in [4.69, 9.17) is 4.74 Å². The van der Waals surface area contributed by atoms with Crippen LogP contribution in [-0.2, 0) is 9.53 Å². The van der Waals surface area contributed by atoms with Crippen molar-refractivity contribution in [2.45, 2.75) is 32.2 Å². The van der Waals surface area contributed by atoms with Crippen molar-refractivity contribution >= 4 is 17.3 Å². The Morgan fingerprint density at radius 1 is 1.21 bits per heavy atom. The van der Waals surface area contributed by atoms with Gasteiger partial charge in [0, 0.05) is 50.2 Å². The first-order chi connectivity index (χ1) is 13.4. The quantitative estimate of drug-likeness (QED) is 0.591. The number of ether oxygens (including phenoxy) is 1. The van der Waals surface area contributed by atoms with Gasteiger partial charge in [-0.1, -0.05) is 12.1 Å². The van der Waals surface area contributed by atoms with Crippen LogP contribution in [0.1, 0.15) is 26.7 Å². The highest BCUT2D eigenvalue weighted by Crippen LogP contribution is 2.31. The van der Waals surface area contributed by atoms with Gasteiger partial charge in [-0.05, 0) is 32.8 Å². The Morgan fingerprint density at radius 2 is 1.86 bits per heavy atom. The van der Waals surface area contributed by atoms with Crippen LogP contribution >= 0.6 is 0 Å². The third-order valence-electron chi connectivity index (χ3n) is 5.85. The topological polar surface area (TPSA) is 88.0 Å². The molecule has 8 nitrogen and oxygen atoms in total. The van der Waals surface area contributed by atoms with Gasteiger partial charge in [0.2, 0.25) is 5.91 Å². The second kappa shape index (κ2) is 8.87. The molecule has 0 spiro atoms. The summed E-state index contributed by atoms with van der Waals surface area (Å²) in [5, 5.41) is 14.4. The van der Waals surface area contributed by atoms with Gasteiger partial charge in [-0.15, -0.1) is 0 Å². The number of nitro groups is 1. The highest BCUT2D eigenvalue weighted by atomic mass is 16.6. The molecule has 1 amide bonds. The summed E-state index contributed by atoms with van der Waals surface area (Å²) in [4.78, 5) is 27.9. The van der Waals surface area contributed by atoms with Crippen molar-refractivity contribution in [1.29, 1.82) is 0 Å². The number of morpholine rings is 1. The minimum Gasteiger partial charge on any atom is -0.379 e. The molecule has 8 heteroatoms. The summed E-state index contributed by atoms with van der Waals surface area (Å²) in [6.45, 7) is 9.45. The predicted octanol–water partition coefficient (Wildman–Crippen LogP) is 2.04. The van der Waals surface area contributed by atoms with E-state index in [0.717, 1.165) is 26.3 Å². The van der Waals surface area contributed by atoms with E-state index in [0.29, 0.717) is 38.2 Å². The zero-order valence-electron chi connectivity index (χ0n) is 16.7. The average Bonchev–Trinajstić information content (AvgIpc) is 2.73. The van der Waals surface area contributed by atoms with Crippen molar-refractivity contribution in [3.63, 3.8) is 0 Å². The standard InChI is InChI=1S/C20H30N4O4/c1-20(2,23-11-13-28-14-12-23)15-21-19(25)16-7-9-22(10-8-16)17-5-3-4-6-18(17)24(26)27/h3-6,16H,7-15H2,1-2H3,(H,21,25). The van der Waals surface area contributed by atoms with E-state index >= 15 is 0 Å². The molecule has 2 heterocycles. The maximum Gasteiger partial charge on any atom is 0.292 e. The molecule has 1 N–H and O–H groups in total. The molecule has 2 aliphatic rings. The molecule has 0 aliphatic carbocycles. The van der Waals surface area contributed by atoms with Crippen molar-refractivity contribution in [2.24, 2.45) is 5.92 Å². The predicted molar refractivity (Wildman–Crippen MR) is 108 cm³/mol. The number of amides is 1. The van der Waals surface area contributed by atoms with Gasteiger partial charge < -0.3 is 15.0 Å². The molecule has 3 rings (SSSR count). The first-order valence-electron chi connectivity index (χ1n) is 9.97. The number of nitrogens with zero attached hydrogens (tertiary/aromatic N) is 3. The van der Waals surface area contributed by atoms with E-state index in [2.05, 4.69) is 24.1 Å². The van der Waals surface area contributed by atoms with Crippen LogP contribution in [0.15, 0.2) is 24.3 Å². The molecule has 0 radical (unpaired) electrons. The van der Waals surface area contributed by atoms with Gasteiger partial charge in [-0.25, -0.2) is 0 Å². The van der Waals surface area contributed by atoms with E-state index in [1.54, 1.807) is 12.1 Å². The molecule has 28 heavy (non-hydrogen) atoms. The number of anilines is 1. The Hall–Kier alpha value is -2.19. The van der Waals surface area contributed by atoms with E-state index in [-0.39, 0.29) is 28.0 Å². The molecular formula is C20H30N4O4. The van der Waals surface area contributed by atoms with Crippen molar-refractivity contribution in [1.82, 2.24) is 10.2 Å². The molecule has 0 bridgehead atoms. The van der Waals surface area contributed by atoms with Crippen molar-refractivity contribution in [3.8, 4) is 0 Å². The van der Waals surface area contributed by atoms with Crippen molar-refractivity contribution in [3.05, 3.63) is 34.4 Å². The van der Waals surface area contributed by atoms with Crippen LogP contribution in [0.3, 0.4) is 0 Å². The highest BCUT2D eigenvalue weighted by molar-refractivity contribution is 5.79. The third-order valence-corrected chi connectivity index (χ3v) is 5.85. The number of hydrogen-bond donors (Lipinski definition) is 1. The average molecular weight is 390 g/mol. The fourth-order valence-electron chi connectivity index (χ4n) is 4.00. The van der Waals surface area contributed by atoms with Crippen LogP contribution in [0.2, 0.25) is 0 Å². The van der Waals surface area contributed by atoms with Crippen LogP contribution in [-0.4, -0.2) is 67.2 Å². The molecule has 0 aromatic heterocycles. The Morgan fingerprint density at radius 3 is 2.50 bits per heavy atom. The van der Waals surface area contributed by atoms with Gasteiger partial charge in [0.1, 0.15) is 5.69 Å². The smallest absolute Gasteiger partial charge is 0.292 e. The number of hydrogen-bond acceptors (Lipinski definition) is 6. The lowest BCUT2D eigenvalue weighted by molar-refractivity contribution is -0.384. The number of rotatable bonds is 6.